The van der Waals surface area contributed by atoms with Crippen molar-refractivity contribution >= 4 is 23.1 Å². The minimum absolute atomic E-state index is 0.0861. The summed E-state index contributed by atoms with van der Waals surface area (Å²) in [5.41, 5.74) is 0.568. The van der Waals surface area contributed by atoms with Crippen LogP contribution in [0.1, 0.15) is 23.3 Å². The fourth-order valence-electron chi connectivity index (χ4n) is 2.92. The molecule has 1 amide bonds. The third-order valence-corrected chi connectivity index (χ3v) is 5.25. The van der Waals surface area contributed by atoms with Crippen molar-refractivity contribution in [1.82, 2.24) is 10.3 Å². The minimum Gasteiger partial charge on any atom is -0.357 e. The van der Waals surface area contributed by atoms with Crippen molar-refractivity contribution < 1.29 is 4.79 Å². The number of nitriles is 1. The van der Waals surface area contributed by atoms with Gasteiger partial charge in [-0.1, -0.05) is 6.07 Å². The summed E-state index contributed by atoms with van der Waals surface area (Å²) in [5, 5.41) is 13.9. The minimum atomic E-state index is 0.0861. The monoisotopic (exact) mass is 340 g/mol. The summed E-state index contributed by atoms with van der Waals surface area (Å²) in [4.78, 5) is 20.1. The maximum atomic E-state index is 12.3. The van der Waals surface area contributed by atoms with Gasteiger partial charge in [0.1, 0.15) is 11.9 Å². The Hall–Kier alpha value is -2.39. The summed E-state index contributed by atoms with van der Waals surface area (Å²) in [6, 6.07) is 9.87. The van der Waals surface area contributed by atoms with E-state index in [0.29, 0.717) is 12.1 Å². The lowest BCUT2D eigenvalue weighted by Crippen LogP contribution is -2.41. The number of thiophene rings is 1. The molecule has 0 radical (unpaired) electrons. The molecule has 0 saturated carbocycles. The third kappa shape index (κ3) is 4.12. The summed E-state index contributed by atoms with van der Waals surface area (Å²) in [6.07, 6.45) is 4.18. The maximum absolute atomic E-state index is 12.3. The van der Waals surface area contributed by atoms with Crippen molar-refractivity contribution in [2.24, 2.45) is 5.92 Å². The van der Waals surface area contributed by atoms with Gasteiger partial charge in [0.15, 0.2) is 0 Å². The molecule has 6 heteroatoms. The quantitative estimate of drug-likeness (QED) is 0.908. The molecule has 0 bridgehead atoms. The van der Waals surface area contributed by atoms with Crippen molar-refractivity contribution in [3.05, 3.63) is 46.3 Å². The molecule has 2 aromatic rings. The SMILES string of the molecule is N#Cc1ccc(N2CCC(C(=O)NCCc3cccs3)CC2)nc1. The van der Waals surface area contributed by atoms with Gasteiger partial charge in [-0.15, -0.1) is 11.3 Å². The second-order valence-electron chi connectivity index (χ2n) is 5.90. The van der Waals surface area contributed by atoms with Crippen LogP contribution in [0.15, 0.2) is 35.8 Å². The van der Waals surface area contributed by atoms with Gasteiger partial charge in [0.2, 0.25) is 5.91 Å². The standard InChI is InChI=1S/C18H20N4OS/c19-12-14-3-4-17(21-13-14)22-9-6-15(7-10-22)18(23)20-8-5-16-2-1-11-24-16/h1-4,11,13,15H,5-10H2,(H,20,23). The Balaban J connectivity index is 1.44. The van der Waals surface area contributed by atoms with Gasteiger partial charge in [-0.2, -0.15) is 5.26 Å². The number of amides is 1. The summed E-state index contributed by atoms with van der Waals surface area (Å²) in [5.74, 6) is 1.13. The maximum Gasteiger partial charge on any atom is 0.223 e. The number of nitrogens with one attached hydrogen (secondary N) is 1. The number of piperidine rings is 1. The van der Waals surface area contributed by atoms with E-state index in [1.165, 1.54) is 4.88 Å². The van der Waals surface area contributed by atoms with E-state index in [1.807, 2.05) is 12.1 Å². The van der Waals surface area contributed by atoms with E-state index in [9.17, 15) is 4.79 Å². The Morgan fingerprint density at radius 3 is 2.83 bits per heavy atom. The van der Waals surface area contributed by atoms with Gasteiger partial charge in [0.25, 0.3) is 0 Å². The molecule has 1 fully saturated rings. The molecular formula is C18H20N4OS. The summed E-state index contributed by atoms with van der Waals surface area (Å²) < 4.78 is 0. The summed E-state index contributed by atoms with van der Waals surface area (Å²) in [7, 11) is 0. The fourth-order valence-corrected chi connectivity index (χ4v) is 3.63. The third-order valence-electron chi connectivity index (χ3n) is 4.32. The first-order chi connectivity index (χ1) is 11.8. The first-order valence-corrected chi connectivity index (χ1v) is 9.05. The van der Waals surface area contributed by atoms with Gasteiger partial charge in [-0.3, -0.25) is 4.79 Å². The van der Waals surface area contributed by atoms with E-state index < -0.39 is 0 Å². The van der Waals surface area contributed by atoms with Crippen LogP contribution < -0.4 is 10.2 Å². The van der Waals surface area contributed by atoms with Crippen LogP contribution in [0.2, 0.25) is 0 Å². The molecule has 1 aliphatic rings. The van der Waals surface area contributed by atoms with Crippen LogP contribution in [0.4, 0.5) is 5.82 Å². The molecule has 0 aliphatic carbocycles. The largest absolute Gasteiger partial charge is 0.357 e. The van der Waals surface area contributed by atoms with Crippen molar-refractivity contribution in [1.29, 1.82) is 5.26 Å². The predicted molar refractivity (Wildman–Crippen MR) is 94.9 cm³/mol. The van der Waals surface area contributed by atoms with Crippen molar-refractivity contribution in [2.75, 3.05) is 24.5 Å². The van der Waals surface area contributed by atoms with Crippen LogP contribution in [-0.2, 0) is 11.2 Å². The molecule has 5 nitrogen and oxygen atoms in total. The highest BCUT2D eigenvalue weighted by molar-refractivity contribution is 7.09. The van der Waals surface area contributed by atoms with Gasteiger partial charge >= 0.3 is 0 Å². The first kappa shape index (κ1) is 16.5. The van der Waals surface area contributed by atoms with Crippen LogP contribution in [-0.4, -0.2) is 30.5 Å². The molecule has 0 aromatic carbocycles. The van der Waals surface area contributed by atoms with Crippen LogP contribution in [0.25, 0.3) is 0 Å². The molecule has 0 atom stereocenters. The molecular weight excluding hydrogens is 320 g/mol. The number of hydrogen-bond donors (Lipinski definition) is 1. The molecule has 1 N–H and O–H groups in total. The van der Waals surface area contributed by atoms with Crippen molar-refractivity contribution in [3.63, 3.8) is 0 Å². The number of aromatic nitrogens is 1. The van der Waals surface area contributed by atoms with E-state index in [4.69, 9.17) is 5.26 Å². The Morgan fingerprint density at radius 2 is 2.21 bits per heavy atom. The zero-order valence-corrected chi connectivity index (χ0v) is 14.3. The zero-order chi connectivity index (χ0) is 16.8. The number of hydrogen-bond acceptors (Lipinski definition) is 5. The molecule has 124 valence electrons. The Labute approximate surface area is 145 Å². The highest BCUT2D eigenvalue weighted by atomic mass is 32.1. The van der Waals surface area contributed by atoms with Crippen LogP contribution in [0, 0.1) is 17.2 Å². The average molecular weight is 340 g/mol. The summed E-state index contributed by atoms with van der Waals surface area (Å²) in [6.45, 7) is 2.35. The van der Waals surface area contributed by atoms with Gasteiger partial charge in [-0.05, 0) is 42.8 Å². The van der Waals surface area contributed by atoms with Crippen LogP contribution >= 0.6 is 11.3 Å². The molecule has 24 heavy (non-hydrogen) atoms. The number of pyridine rings is 1. The zero-order valence-electron chi connectivity index (χ0n) is 13.4. The van der Waals surface area contributed by atoms with E-state index in [1.54, 1.807) is 23.6 Å². The molecule has 3 rings (SSSR count). The number of anilines is 1. The molecule has 1 aliphatic heterocycles. The predicted octanol–water partition coefficient (Wildman–Crippen LogP) is 2.59. The highest BCUT2D eigenvalue weighted by Crippen LogP contribution is 2.22. The smallest absolute Gasteiger partial charge is 0.223 e. The Kier molecular flexibility index (Phi) is 5.44. The molecule has 0 spiro atoms. The number of rotatable bonds is 5. The molecule has 3 heterocycles. The lowest BCUT2D eigenvalue weighted by atomic mass is 9.96. The molecule has 2 aromatic heterocycles. The highest BCUT2D eigenvalue weighted by Gasteiger charge is 2.25. The van der Waals surface area contributed by atoms with E-state index in [2.05, 4.69) is 32.7 Å². The first-order valence-electron chi connectivity index (χ1n) is 8.17. The Morgan fingerprint density at radius 1 is 1.38 bits per heavy atom. The lowest BCUT2D eigenvalue weighted by molar-refractivity contribution is -0.125. The normalized spacial score (nSPS) is 15.0. The molecule has 0 unspecified atom stereocenters. The number of carbonyl (C=O) groups is 1. The van der Waals surface area contributed by atoms with Gasteiger partial charge < -0.3 is 10.2 Å². The average Bonchev–Trinajstić information content (AvgIpc) is 3.15. The van der Waals surface area contributed by atoms with Crippen LogP contribution in [0.3, 0.4) is 0 Å². The second kappa shape index (κ2) is 7.93. The lowest BCUT2D eigenvalue weighted by Gasteiger charge is -2.32. The van der Waals surface area contributed by atoms with E-state index in [-0.39, 0.29) is 11.8 Å². The van der Waals surface area contributed by atoms with Gasteiger partial charge in [0, 0.05) is 36.6 Å². The molecule has 1 saturated heterocycles. The number of nitrogens with zero attached hydrogens (tertiary/aromatic N) is 3. The van der Waals surface area contributed by atoms with E-state index in [0.717, 1.165) is 38.2 Å². The van der Waals surface area contributed by atoms with Crippen molar-refractivity contribution in [3.8, 4) is 6.07 Å². The number of carbonyl (C=O) groups excluding carboxylic acids is 1. The summed E-state index contributed by atoms with van der Waals surface area (Å²) >= 11 is 1.73. The van der Waals surface area contributed by atoms with E-state index >= 15 is 0 Å². The second-order valence-corrected chi connectivity index (χ2v) is 6.93. The van der Waals surface area contributed by atoms with Gasteiger partial charge in [0.05, 0.1) is 5.56 Å². The van der Waals surface area contributed by atoms with Gasteiger partial charge in [-0.25, -0.2) is 4.98 Å². The van der Waals surface area contributed by atoms with Crippen LogP contribution in [0.5, 0.6) is 0 Å². The van der Waals surface area contributed by atoms with Crippen molar-refractivity contribution in [2.45, 2.75) is 19.3 Å². The Bertz CT molecular complexity index is 698. The topological polar surface area (TPSA) is 69.0 Å². The fraction of sp³-hybridized carbons (Fsp3) is 0.389.